The molecule has 1 aromatic heterocycles. The van der Waals surface area contributed by atoms with E-state index in [0.717, 1.165) is 5.56 Å². The van der Waals surface area contributed by atoms with Gasteiger partial charge in [-0.05, 0) is 12.5 Å². The Balaban J connectivity index is 0.000001000. The lowest BCUT2D eigenvalue weighted by atomic mass is 10.4. The molecule has 1 aromatic rings. The second-order valence-corrected chi connectivity index (χ2v) is 2.00. The number of nitrogen functional groups attached to an aromatic ring is 1. The third-order valence-electron chi connectivity index (χ3n) is 1.02. The summed E-state index contributed by atoms with van der Waals surface area (Å²) >= 11 is 0. The number of halogens is 1. The summed E-state index contributed by atoms with van der Waals surface area (Å²) in [6, 6.07) is 0. The Morgan fingerprint density at radius 1 is 1.45 bits per heavy atom. The van der Waals surface area contributed by atoms with Crippen LogP contribution in [0.3, 0.4) is 0 Å². The van der Waals surface area contributed by atoms with E-state index in [1.807, 2.05) is 6.92 Å². The summed E-state index contributed by atoms with van der Waals surface area (Å²) < 4.78 is 0. The zero-order valence-electron chi connectivity index (χ0n) is 6.03. The zero-order chi connectivity index (χ0) is 7.56. The van der Waals surface area contributed by atoms with Crippen LogP contribution < -0.4 is 5.73 Å². The molecule has 0 aromatic carbocycles. The molecule has 11 heavy (non-hydrogen) atoms. The highest BCUT2D eigenvalue weighted by Gasteiger charge is 1.96. The first kappa shape index (κ1) is 9.84. The normalized spacial score (nSPS) is 8.45. The standard InChI is InChI=1S/C6H8N4.ClH/c1-4-2-9-6(5(7)8)10-3-4;/h2-3H,1H3,(H3,7,8);1H. The first-order chi connectivity index (χ1) is 4.70. The fraction of sp³-hybridized carbons (Fsp3) is 0.167. The minimum Gasteiger partial charge on any atom is -0.381 e. The second kappa shape index (κ2) is 3.88. The van der Waals surface area contributed by atoms with Crippen molar-refractivity contribution in [1.82, 2.24) is 9.97 Å². The fourth-order valence-electron chi connectivity index (χ4n) is 0.532. The van der Waals surface area contributed by atoms with Crippen LogP contribution in [0, 0.1) is 12.3 Å². The van der Waals surface area contributed by atoms with Crippen molar-refractivity contribution in [2.45, 2.75) is 6.92 Å². The maximum absolute atomic E-state index is 6.96. The number of hydrogen-bond acceptors (Lipinski definition) is 3. The maximum atomic E-state index is 6.96. The third kappa shape index (κ3) is 2.51. The van der Waals surface area contributed by atoms with Crippen LogP contribution in [0.25, 0.3) is 0 Å². The number of hydrogen-bond donors (Lipinski definition) is 2. The minimum absolute atomic E-state index is 0. The first-order valence-corrected chi connectivity index (χ1v) is 2.83. The van der Waals surface area contributed by atoms with Crippen LogP contribution in [-0.4, -0.2) is 15.8 Å². The Kier molecular flexibility index (Phi) is 3.47. The Labute approximate surface area is 70.8 Å². The van der Waals surface area contributed by atoms with Crippen molar-refractivity contribution in [2.24, 2.45) is 5.73 Å². The molecule has 0 radical (unpaired) electrons. The molecule has 0 atom stereocenters. The minimum atomic E-state index is -0.0972. The van der Waals surface area contributed by atoms with Gasteiger partial charge in [0.1, 0.15) is 0 Å². The molecule has 3 N–H and O–H groups in total. The van der Waals surface area contributed by atoms with Crippen LogP contribution in [-0.2, 0) is 0 Å². The summed E-state index contributed by atoms with van der Waals surface area (Å²) in [6.07, 6.45) is 3.26. The largest absolute Gasteiger partial charge is 0.381 e. The molecule has 0 aliphatic carbocycles. The van der Waals surface area contributed by atoms with E-state index in [1.165, 1.54) is 0 Å². The molecule has 0 bridgehead atoms. The molecule has 0 aliphatic rings. The van der Waals surface area contributed by atoms with Gasteiger partial charge >= 0.3 is 0 Å². The molecule has 0 unspecified atom stereocenters. The lowest BCUT2D eigenvalue weighted by Gasteiger charge is -1.94. The van der Waals surface area contributed by atoms with E-state index in [2.05, 4.69) is 9.97 Å². The molecule has 0 amide bonds. The number of aryl methyl sites for hydroxylation is 1. The highest BCUT2D eigenvalue weighted by atomic mass is 35.5. The maximum Gasteiger partial charge on any atom is 0.194 e. The van der Waals surface area contributed by atoms with Crippen LogP contribution in [0.1, 0.15) is 11.4 Å². The van der Waals surface area contributed by atoms with E-state index < -0.39 is 0 Å². The van der Waals surface area contributed by atoms with Crippen LogP contribution in [0.15, 0.2) is 12.4 Å². The Hall–Kier alpha value is -1.16. The second-order valence-electron chi connectivity index (χ2n) is 2.00. The average Bonchev–Trinajstić information content (AvgIpc) is 1.88. The summed E-state index contributed by atoms with van der Waals surface area (Å²) in [7, 11) is 0. The van der Waals surface area contributed by atoms with Gasteiger partial charge < -0.3 is 5.73 Å². The molecule has 0 saturated carbocycles. The molecule has 1 heterocycles. The molecule has 1 rings (SSSR count). The SMILES string of the molecule is Cc1cnc(C(=N)N)nc1.Cl. The van der Waals surface area contributed by atoms with E-state index >= 15 is 0 Å². The number of nitrogens with two attached hydrogens (primary N) is 1. The Bertz CT molecular complexity index is 243. The van der Waals surface area contributed by atoms with Gasteiger partial charge in [0, 0.05) is 12.4 Å². The number of rotatable bonds is 1. The van der Waals surface area contributed by atoms with Crippen LogP contribution >= 0.6 is 12.4 Å². The number of aromatic nitrogens is 2. The van der Waals surface area contributed by atoms with E-state index in [1.54, 1.807) is 12.4 Å². The molecule has 4 nitrogen and oxygen atoms in total. The first-order valence-electron chi connectivity index (χ1n) is 2.83. The van der Waals surface area contributed by atoms with E-state index in [-0.39, 0.29) is 24.1 Å². The summed E-state index contributed by atoms with van der Waals surface area (Å²) in [5, 5.41) is 6.96. The molecule has 0 saturated heterocycles. The highest BCUT2D eigenvalue weighted by Crippen LogP contribution is 1.91. The van der Waals surface area contributed by atoms with Crippen molar-refractivity contribution in [3.8, 4) is 0 Å². The lowest BCUT2D eigenvalue weighted by molar-refractivity contribution is 1.09. The highest BCUT2D eigenvalue weighted by molar-refractivity contribution is 5.90. The van der Waals surface area contributed by atoms with Gasteiger partial charge in [0.05, 0.1) is 0 Å². The molecule has 5 heteroatoms. The van der Waals surface area contributed by atoms with Crippen molar-refractivity contribution in [2.75, 3.05) is 0 Å². The number of nitrogens with one attached hydrogen (secondary N) is 1. The van der Waals surface area contributed by atoms with Crippen LogP contribution in [0.2, 0.25) is 0 Å². The third-order valence-corrected chi connectivity index (χ3v) is 1.02. The van der Waals surface area contributed by atoms with Crippen molar-refractivity contribution in [3.05, 3.63) is 23.8 Å². The fourth-order valence-corrected chi connectivity index (χ4v) is 0.532. The van der Waals surface area contributed by atoms with E-state index in [9.17, 15) is 0 Å². The number of nitrogens with zero attached hydrogens (tertiary/aromatic N) is 2. The predicted octanol–water partition coefficient (Wildman–Crippen LogP) is 0.491. The summed E-state index contributed by atoms with van der Waals surface area (Å²) in [4.78, 5) is 7.63. The van der Waals surface area contributed by atoms with Crippen molar-refractivity contribution >= 4 is 18.2 Å². The lowest BCUT2D eigenvalue weighted by Crippen LogP contribution is -2.14. The molecule has 0 spiro atoms. The molecule has 0 aliphatic heterocycles. The summed E-state index contributed by atoms with van der Waals surface area (Å²) in [6.45, 7) is 1.88. The molecular formula is C6H9ClN4. The quantitative estimate of drug-likeness (QED) is 0.478. The van der Waals surface area contributed by atoms with E-state index in [4.69, 9.17) is 11.1 Å². The topological polar surface area (TPSA) is 75.7 Å². The van der Waals surface area contributed by atoms with E-state index in [0.29, 0.717) is 0 Å². The van der Waals surface area contributed by atoms with Gasteiger partial charge in [0.25, 0.3) is 0 Å². The predicted molar refractivity (Wildman–Crippen MR) is 45.0 cm³/mol. The zero-order valence-corrected chi connectivity index (χ0v) is 6.85. The number of amidine groups is 1. The average molecular weight is 173 g/mol. The van der Waals surface area contributed by atoms with Crippen molar-refractivity contribution in [3.63, 3.8) is 0 Å². The van der Waals surface area contributed by atoms with Gasteiger partial charge in [-0.2, -0.15) is 0 Å². The van der Waals surface area contributed by atoms with Crippen molar-refractivity contribution in [1.29, 1.82) is 5.41 Å². The van der Waals surface area contributed by atoms with Crippen LogP contribution in [0.5, 0.6) is 0 Å². The van der Waals surface area contributed by atoms with Gasteiger partial charge in [-0.25, -0.2) is 9.97 Å². The summed E-state index contributed by atoms with van der Waals surface area (Å²) in [5.74, 6) is 0.186. The van der Waals surface area contributed by atoms with Crippen LogP contribution in [0.4, 0.5) is 0 Å². The molecular weight excluding hydrogens is 164 g/mol. The van der Waals surface area contributed by atoms with Gasteiger partial charge in [-0.1, -0.05) is 0 Å². The van der Waals surface area contributed by atoms with Gasteiger partial charge in [0.15, 0.2) is 11.7 Å². The molecule has 60 valence electrons. The Morgan fingerprint density at radius 3 is 2.27 bits per heavy atom. The molecule has 0 fully saturated rings. The smallest absolute Gasteiger partial charge is 0.194 e. The van der Waals surface area contributed by atoms with Gasteiger partial charge in [-0.3, -0.25) is 5.41 Å². The van der Waals surface area contributed by atoms with Gasteiger partial charge in [-0.15, -0.1) is 12.4 Å². The summed E-state index contributed by atoms with van der Waals surface area (Å²) in [5.41, 5.74) is 6.09. The monoisotopic (exact) mass is 172 g/mol. The Morgan fingerprint density at radius 2 is 1.91 bits per heavy atom. The van der Waals surface area contributed by atoms with Gasteiger partial charge in [0.2, 0.25) is 0 Å². The van der Waals surface area contributed by atoms with Crippen molar-refractivity contribution < 1.29 is 0 Å².